The zero-order valence-electron chi connectivity index (χ0n) is 11.4. The minimum Gasteiger partial charge on any atom is -0.386 e. The van der Waals surface area contributed by atoms with Crippen LogP contribution in [0.1, 0.15) is 19.4 Å². The number of likely N-dealkylation sites (tertiary alicyclic amines) is 1. The molecule has 0 saturated carbocycles. The Bertz CT molecular complexity index is 549. The number of hydrogen-bond acceptors (Lipinski definition) is 2. The van der Waals surface area contributed by atoms with Crippen molar-refractivity contribution in [2.24, 2.45) is 5.92 Å². The van der Waals surface area contributed by atoms with Crippen molar-refractivity contribution in [3.05, 3.63) is 39.9 Å². The number of carbonyl (C=O) groups excluding carboxylic acids is 1. The third-order valence-electron chi connectivity index (χ3n) is 3.68. The van der Waals surface area contributed by atoms with Crippen LogP contribution in [0.25, 0.3) is 6.08 Å². The molecular weight excluding hydrogens is 297 g/mol. The molecular formula is C15H17Cl2NO2. The first-order chi connectivity index (χ1) is 9.32. The maximum absolute atomic E-state index is 11.9. The van der Waals surface area contributed by atoms with Crippen molar-refractivity contribution >= 4 is 35.2 Å². The van der Waals surface area contributed by atoms with Crippen LogP contribution in [0, 0.1) is 5.92 Å². The van der Waals surface area contributed by atoms with E-state index in [9.17, 15) is 9.90 Å². The molecule has 1 aromatic carbocycles. The Morgan fingerprint density at radius 3 is 2.55 bits per heavy atom. The first kappa shape index (κ1) is 15.4. The van der Waals surface area contributed by atoms with Crippen LogP contribution >= 0.6 is 23.2 Å². The quantitative estimate of drug-likeness (QED) is 0.870. The maximum Gasteiger partial charge on any atom is 0.246 e. The van der Waals surface area contributed by atoms with Gasteiger partial charge in [-0.3, -0.25) is 4.79 Å². The summed E-state index contributed by atoms with van der Waals surface area (Å²) in [4.78, 5) is 13.5. The second-order valence-corrected chi connectivity index (χ2v) is 6.27. The summed E-state index contributed by atoms with van der Waals surface area (Å²) < 4.78 is 0. The number of rotatable bonds is 3. The van der Waals surface area contributed by atoms with Crippen LogP contribution in [0.3, 0.4) is 0 Å². The lowest BCUT2D eigenvalue weighted by atomic mass is 9.83. The van der Waals surface area contributed by atoms with E-state index in [1.165, 1.54) is 6.08 Å². The normalized spacial score (nSPS) is 17.6. The molecule has 1 aromatic rings. The Morgan fingerprint density at radius 1 is 1.35 bits per heavy atom. The second-order valence-electron chi connectivity index (χ2n) is 5.46. The molecule has 1 heterocycles. The predicted octanol–water partition coefficient (Wildman–Crippen LogP) is 3.24. The van der Waals surface area contributed by atoms with Crippen molar-refractivity contribution in [1.82, 2.24) is 4.90 Å². The summed E-state index contributed by atoms with van der Waals surface area (Å²) >= 11 is 11.7. The molecule has 1 aliphatic rings. The molecule has 20 heavy (non-hydrogen) atoms. The summed E-state index contributed by atoms with van der Waals surface area (Å²) in [5.41, 5.74) is 0.0694. The SMILES string of the molecule is CC(C)C1(O)CN(C(=O)C=Cc2ccc(Cl)c(Cl)c2)C1. The lowest BCUT2D eigenvalue weighted by Crippen LogP contribution is -2.65. The smallest absolute Gasteiger partial charge is 0.246 e. The van der Waals surface area contributed by atoms with Gasteiger partial charge in [-0.1, -0.05) is 43.1 Å². The Hall–Kier alpha value is -1.03. The summed E-state index contributed by atoms with van der Waals surface area (Å²) in [5.74, 6) is 0.0343. The van der Waals surface area contributed by atoms with Crippen LogP contribution in [0.2, 0.25) is 10.0 Å². The molecule has 5 heteroatoms. The maximum atomic E-state index is 11.9. The largest absolute Gasteiger partial charge is 0.386 e. The molecule has 0 spiro atoms. The van der Waals surface area contributed by atoms with Gasteiger partial charge in [0.25, 0.3) is 0 Å². The number of aliphatic hydroxyl groups is 1. The van der Waals surface area contributed by atoms with E-state index in [0.717, 1.165) is 5.56 Å². The summed E-state index contributed by atoms with van der Waals surface area (Å²) in [6.45, 7) is 4.67. The van der Waals surface area contributed by atoms with Crippen LogP contribution in [0.5, 0.6) is 0 Å². The number of halogens is 2. The van der Waals surface area contributed by atoms with E-state index in [1.807, 2.05) is 13.8 Å². The van der Waals surface area contributed by atoms with Crippen LogP contribution in [0.15, 0.2) is 24.3 Å². The van der Waals surface area contributed by atoms with Gasteiger partial charge < -0.3 is 10.0 Å². The van der Waals surface area contributed by atoms with E-state index in [2.05, 4.69) is 0 Å². The third-order valence-corrected chi connectivity index (χ3v) is 4.42. The fourth-order valence-electron chi connectivity index (χ4n) is 2.02. The van der Waals surface area contributed by atoms with Gasteiger partial charge in [-0.25, -0.2) is 0 Å². The molecule has 0 aliphatic carbocycles. The summed E-state index contributed by atoms with van der Waals surface area (Å²) in [5, 5.41) is 11.1. The van der Waals surface area contributed by atoms with Crippen LogP contribution < -0.4 is 0 Å². The van der Waals surface area contributed by atoms with Gasteiger partial charge in [0.05, 0.1) is 23.1 Å². The Kier molecular flexibility index (Phi) is 4.43. The predicted molar refractivity (Wildman–Crippen MR) is 81.9 cm³/mol. The van der Waals surface area contributed by atoms with Gasteiger partial charge in [0.2, 0.25) is 5.91 Å². The molecule has 2 rings (SSSR count). The molecule has 108 valence electrons. The van der Waals surface area contributed by atoms with E-state index in [0.29, 0.717) is 23.1 Å². The minimum atomic E-state index is -0.743. The van der Waals surface area contributed by atoms with E-state index >= 15 is 0 Å². The summed E-state index contributed by atoms with van der Waals surface area (Å²) in [7, 11) is 0. The summed E-state index contributed by atoms with van der Waals surface area (Å²) in [6.07, 6.45) is 3.18. The number of hydrogen-bond donors (Lipinski definition) is 1. The molecule has 1 amide bonds. The monoisotopic (exact) mass is 313 g/mol. The molecule has 1 N–H and O–H groups in total. The lowest BCUT2D eigenvalue weighted by molar-refractivity contribution is -0.158. The lowest BCUT2D eigenvalue weighted by Gasteiger charge is -2.48. The molecule has 0 radical (unpaired) electrons. The molecule has 1 aliphatic heterocycles. The molecule has 0 unspecified atom stereocenters. The fraction of sp³-hybridized carbons (Fsp3) is 0.400. The first-order valence-electron chi connectivity index (χ1n) is 6.46. The second kappa shape index (κ2) is 5.76. The first-order valence-corrected chi connectivity index (χ1v) is 7.22. The van der Waals surface area contributed by atoms with E-state index < -0.39 is 5.60 Å². The fourth-order valence-corrected chi connectivity index (χ4v) is 2.33. The van der Waals surface area contributed by atoms with Gasteiger partial charge in [-0.05, 0) is 29.7 Å². The number of benzene rings is 1. The Labute approximate surface area is 128 Å². The molecule has 3 nitrogen and oxygen atoms in total. The van der Waals surface area contributed by atoms with Crippen molar-refractivity contribution in [2.75, 3.05) is 13.1 Å². The van der Waals surface area contributed by atoms with Crippen molar-refractivity contribution in [3.63, 3.8) is 0 Å². The highest BCUT2D eigenvalue weighted by molar-refractivity contribution is 6.42. The van der Waals surface area contributed by atoms with E-state index in [1.54, 1.807) is 29.2 Å². The van der Waals surface area contributed by atoms with Gasteiger partial charge in [-0.15, -0.1) is 0 Å². The zero-order valence-corrected chi connectivity index (χ0v) is 12.9. The van der Waals surface area contributed by atoms with Crippen molar-refractivity contribution < 1.29 is 9.90 Å². The van der Waals surface area contributed by atoms with Gasteiger partial charge in [0.1, 0.15) is 5.60 Å². The Morgan fingerprint density at radius 2 is 2.00 bits per heavy atom. The number of amides is 1. The van der Waals surface area contributed by atoms with E-state index in [4.69, 9.17) is 23.2 Å². The van der Waals surface area contributed by atoms with Gasteiger partial charge in [0.15, 0.2) is 0 Å². The highest BCUT2D eigenvalue weighted by atomic mass is 35.5. The summed E-state index contributed by atoms with van der Waals surface area (Å²) in [6, 6.07) is 5.18. The standard InChI is InChI=1S/C15H17Cl2NO2/c1-10(2)15(20)8-18(9-15)14(19)6-4-11-3-5-12(16)13(17)7-11/h3-7,10,20H,8-9H2,1-2H3. The minimum absolute atomic E-state index is 0.110. The average Bonchev–Trinajstić information content (AvgIpc) is 2.35. The molecule has 0 atom stereocenters. The molecule has 1 saturated heterocycles. The topological polar surface area (TPSA) is 40.5 Å². The number of carbonyl (C=O) groups is 1. The number of nitrogens with zero attached hydrogens (tertiary/aromatic N) is 1. The van der Waals surface area contributed by atoms with Crippen molar-refractivity contribution in [2.45, 2.75) is 19.4 Å². The average molecular weight is 314 g/mol. The molecule has 0 aromatic heterocycles. The Balaban J connectivity index is 1.96. The highest BCUT2D eigenvalue weighted by Gasteiger charge is 2.45. The van der Waals surface area contributed by atoms with Gasteiger partial charge >= 0.3 is 0 Å². The van der Waals surface area contributed by atoms with Crippen molar-refractivity contribution in [3.8, 4) is 0 Å². The van der Waals surface area contributed by atoms with Crippen LogP contribution in [-0.4, -0.2) is 34.6 Å². The molecule has 0 bridgehead atoms. The third kappa shape index (κ3) is 3.17. The molecule has 1 fully saturated rings. The van der Waals surface area contributed by atoms with Crippen LogP contribution in [0.4, 0.5) is 0 Å². The number of β-amino-alcohol motifs (C(OH)–C–C–N with tert-alkyl or cyclic N) is 1. The zero-order chi connectivity index (χ0) is 14.9. The van der Waals surface area contributed by atoms with Gasteiger partial charge in [0, 0.05) is 6.08 Å². The van der Waals surface area contributed by atoms with Gasteiger partial charge in [-0.2, -0.15) is 0 Å². The van der Waals surface area contributed by atoms with Crippen molar-refractivity contribution in [1.29, 1.82) is 0 Å². The highest BCUT2D eigenvalue weighted by Crippen LogP contribution is 2.29. The van der Waals surface area contributed by atoms with E-state index in [-0.39, 0.29) is 11.8 Å². The van der Waals surface area contributed by atoms with Crippen LogP contribution in [-0.2, 0) is 4.79 Å².